The maximum Gasteiger partial charge on any atom is 0.246 e. The zero-order valence-corrected chi connectivity index (χ0v) is 15.6. The fourth-order valence-corrected chi connectivity index (χ4v) is 3.47. The van der Waals surface area contributed by atoms with Gasteiger partial charge in [0.05, 0.1) is 6.20 Å². The minimum absolute atomic E-state index is 0.00146. The number of carbonyl (C=O) groups excluding carboxylic acids is 2. The highest BCUT2D eigenvalue weighted by Crippen LogP contribution is 2.22. The SMILES string of the molecule is O=C1CCCc2cc(C=CC(=O)N3CCC(=Cc4ncco4)CC3)cnc2N1. The van der Waals surface area contributed by atoms with Crippen LogP contribution in [-0.4, -0.2) is 39.8 Å². The number of carbonyl (C=O) groups is 2. The van der Waals surface area contributed by atoms with Crippen LogP contribution in [0, 0.1) is 0 Å². The van der Waals surface area contributed by atoms with E-state index in [4.69, 9.17) is 4.42 Å². The van der Waals surface area contributed by atoms with Gasteiger partial charge in [-0.15, -0.1) is 0 Å². The van der Waals surface area contributed by atoms with E-state index < -0.39 is 0 Å². The third kappa shape index (κ3) is 4.36. The van der Waals surface area contributed by atoms with Gasteiger partial charge in [-0.2, -0.15) is 0 Å². The third-order valence-corrected chi connectivity index (χ3v) is 5.01. The maximum atomic E-state index is 12.5. The molecule has 0 unspecified atom stereocenters. The molecule has 2 aromatic rings. The van der Waals surface area contributed by atoms with Gasteiger partial charge in [-0.1, -0.05) is 5.57 Å². The van der Waals surface area contributed by atoms with Gasteiger partial charge in [0, 0.05) is 31.8 Å². The molecule has 7 heteroatoms. The molecule has 0 saturated carbocycles. The first-order valence-corrected chi connectivity index (χ1v) is 9.52. The van der Waals surface area contributed by atoms with E-state index in [1.54, 1.807) is 30.8 Å². The normalized spacial score (nSPS) is 17.2. The number of amides is 2. The van der Waals surface area contributed by atoms with Crippen molar-refractivity contribution in [3.05, 3.63) is 53.4 Å². The molecular weight excluding hydrogens is 356 g/mol. The van der Waals surface area contributed by atoms with Crippen molar-refractivity contribution in [2.45, 2.75) is 32.1 Å². The first-order valence-electron chi connectivity index (χ1n) is 9.52. The Bertz CT molecular complexity index is 921. The topological polar surface area (TPSA) is 88.3 Å². The standard InChI is InChI=1S/C21H22N4O3/c26-18-3-1-2-17-12-16(14-23-21(17)24-18)4-5-20(27)25-9-6-15(7-10-25)13-19-22-8-11-28-19/h4-5,8,11-14H,1-3,6-7,9-10H2,(H,23,24,26). The van der Waals surface area contributed by atoms with Gasteiger partial charge in [-0.25, -0.2) is 9.97 Å². The average molecular weight is 378 g/mol. The van der Waals surface area contributed by atoms with Crippen LogP contribution in [0.5, 0.6) is 0 Å². The summed E-state index contributed by atoms with van der Waals surface area (Å²) in [5.74, 6) is 1.25. The number of oxazole rings is 1. The second-order valence-corrected chi connectivity index (χ2v) is 7.01. The van der Waals surface area contributed by atoms with Crippen molar-refractivity contribution in [1.29, 1.82) is 0 Å². The molecule has 1 fully saturated rings. The summed E-state index contributed by atoms with van der Waals surface area (Å²) in [6.07, 6.45) is 14.0. The summed E-state index contributed by atoms with van der Waals surface area (Å²) >= 11 is 0. The highest BCUT2D eigenvalue weighted by atomic mass is 16.3. The zero-order valence-electron chi connectivity index (χ0n) is 15.6. The minimum Gasteiger partial charge on any atom is -0.445 e. The third-order valence-electron chi connectivity index (χ3n) is 5.01. The van der Waals surface area contributed by atoms with Crippen molar-refractivity contribution in [2.75, 3.05) is 18.4 Å². The molecule has 0 bridgehead atoms. The number of hydrogen-bond donors (Lipinski definition) is 1. The Labute approximate surface area is 163 Å². The van der Waals surface area contributed by atoms with E-state index in [1.165, 1.54) is 5.57 Å². The van der Waals surface area contributed by atoms with E-state index in [0.29, 0.717) is 31.2 Å². The Morgan fingerprint density at radius 1 is 1.18 bits per heavy atom. The monoisotopic (exact) mass is 378 g/mol. The van der Waals surface area contributed by atoms with E-state index in [9.17, 15) is 9.59 Å². The number of pyridine rings is 1. The lowest BCUT2D eigenvalue weighted by molar-refractivity contribution is -0.126. The van der Waals surface area contributed by atoms with Crippen LogP contribution in [-0.2, 0) is 16.0 Å². The summed E-state index contributed by atoms with van der Waals surface area (Å²) in [6.45, 7) is 1.37. The number of rotatable bonds is 3. The van der Waals surface area contributed by atoms with Gasteiger partial charge in [-0.05, 0) is 55.0 Å². The van der Waals surface area contributed by atoms with Crippen LogP contribution in [0.1, 0.15) is 42.7 Å². The molecule has 2 aliphatic rings. The molecule has 1 N–H and O–H groups in total. The number of likely N-dealkylation sites (tertiary alicyclic amines) is 1. The lowest BCUT2D eigenvalue weighted by atomic mass is 10.0. The summed E-state index contributed by atoms with van der Waals surface area (Å²) < 4.78 is 5.24. The van der Waals surface area contributed by atoms with E-state index in [0.717, 1.165) is 36.8 Å². The average Bonchev–Trinajstić information content (AvgIpc) is 3.14. The summed E-state index contributed by atoms with van der Waals surface area (Å²) in [4.78, 5) is 34.4. The highest BCUT2D eigenvalue weighted by molar-refractivity contribution is 5.93. The molecule has 2 amide bonds. The largest absolute Gasteiger partial charge is 0.445 e. The van der Waals surface area contributed by atoms with Crippen LogP contribution in [0.15, 0.2) is 40.8 Å². The molecule has 2 aliphatic heterocycles. The Morgan fingerprint density at radius 3 is 2.82 bits per heavy atom. The number of anilines is 1. The molecule has 0 spiro atoms. The summed E-state index contributed by atoms with van der Waals surface area (Å²) in [7, 11) is 0. The van der Waals surface area contributed by atoms with Gasteiger partial charge in [0.15, 0.2) is 0 Å². The Kier molecular flexibility index (Phi) is 5.32. The number of aryl methyl sites for hydroxylation is 1. The van der Waals surface area contributed by atoms with Crippen molar-refractivity contribution < 1.29 is 14.0 Å². The molecule has 0 aliphatic carbocycles. The van der Waals surface area contributed by atoms with Gasteiger partial charge < -0.3 is 14.6 Å². The van der Waals surface area contributed by atoms with Crippen molar-refractivity contribution in [3.63, 3.8) is 0 Å². The molecule has 144 valence electrons. The second kappa shape index (κ2) is 8.21. The van der Waals surface area contributed by atoms with Gasteiger partial charge in [0.2, 0.25) is 17.7 Å². The molecule has 28 heavy (non-hydrogen) atoms. The van der Waals surface area contributed by atoms with Gasteiger partial charge >= 0.3 is 0 Å². The molecule has 0 atom stereocenters. The van der Waals surface area contributed by atoms with Crippen LogP contribution in [0.25, 0.3) is 12.2 Å². The summed E-state index contributed by atoms with van der Waals surface area (Å²) in [6, 6.07) is 1.99. The molecule has 0 aromatic carbocycles. The van der Waals surface area contributed by atoms with Crippen molar-refractivity contribution in [1.82, 2.24) is 14.9 Å². The Balaban J connectivity index is 1.36. The van der Waals surface area contributed by atoms with Crippen LogP contribution in [0.4, 0.5) is 5.82 Å². The molecule has 1 saturated heterocycles. The fraction of sp³-hybridized carbons (Fsp3) is 0.333. The molecular formula is C21H22N4O3. The maximum absolute atomic E-state index is 12.5. The molecule has 2 aromatic heterocycles. The predicted molar refractivity (Wildman–Crippen MR) is 105 cm³/mol. The van der Waals surface area contributed by atoms with Crippen LogP contribution in [0.3, 0.4) is 0 Å². The lowest BCUT2D eigenvalue weighted by Gasteiger charge is -2.27. The number of fused-ring (bicyclic) bond motifs is 1. The number of nitrogens with zero attached hydrogens (tertiary/aromatic N) is 3. The number of aromatic nitrogens is 2. The highest BCUT2D eigenvalue weighted by Gasteiger charge is 2.18. The quantitative estimate of drug-likeness (QED) is 0.830. The van der Waals surface area contributed by atoms with E-state index >= 15 is 0 Å². The second-order valence-electron chi connectivity index (χ2n) is 7.01. The molecule has 0 radical (unpaired) electrons. The van der Waals surface area contributed by atoms with Gasteiger partial charge in [0.1, 0.15) is 12.1 Å². The predicted octanol–water partition coefficient (Wildman–Crippen LogP) is 3.06. The lowest BCUT2D eigenvalue weighted by Crippen LogP contribution is -2.35. The van der Waals surface area contributed by atoms with Gasteiger partial charge in [0.25, 0.3) is 0 Å². The van der Waals surface area contributed by atoms with E-state index in [1.807, 2.05) is 17.0 Å². The molecule has 7 nitrogen and oxygen atoms in total. The van der Waals surface area contributed by atoms with Crippen molar-refractivity contribution in [3.8, 4) is 0 Å². The van der Waals surface area contributed by atoms with Crippen LogP contribution in [0.2, 0.25) is 0 Å². The van der Waals surface area contributed by atoms with Crippen LogP contribution >= 0.6 is 0 Å². The van der Waals surface area contributed by atoms with Crippen molar-refractivity contribution >= 4 is 29.8 Å². The first kappa shape index (κ1) is 18.2. The number of nitrogens with one attached hydrogen (secondary N) is 1. The van der Waals surface area contributed by atoms with E-state index in [-0.39, 0.29) is 11.8 Å². The van der Waals surface area contributed by atoms with Crippen LogP contribution < -0.4 is 5.32 Å². The smallest absolute Gasteiger partial charge is 0.246 e. The summed E-state index contributed by atoms with van der Waals surface area (Å²) in [5.41, 5.74) is 3.12. The minimum atomic E-state index is -0.00146. The molecule has 4 rings (SSSR count). The Hall–Kier alpha value is -3.22. The number of hydrogen-bond acceptors (Lipinski definition) is 5. The first-order chi connectivity index (χ1) is 13.7. The fourth-order valence-electron chi connectivity index (χ4n) is 3.47. The van der Waals surface area contributed by atoms with Gasteiger partial charge in [-0.3, -0.25) is 9.59 Å². The number of piperidine rings is 1. The zero-order chi connectivity index (χ0) is 19.3. The van der Waals surface area contributed by atoms with E-state index in [2.05, 4.69) is 15.3 Å². The summed E-state index contributed by atoms with van der Waals surface area (Å²) in [5, 5.41) is 2.82. The van der Waals surface area contributed by atoms with Crippen molar-refractivity contribution in [2.24, 2.45) is 0 Å². The molecule has 4 heterocycles. The Morgan fingerprint density at radius 2 is 2.04 bits per heavy atom.